The Hall–Kier alpha value is -2.97. The van der Waals surface area contributed by atoms with Crippen molar-refractivity contribution in [1.29, 1.82) is 0 Å². The Balaban J connectivity index is 1.60. The van der Waals surface area contributed by atoms with E-state index in [2.05, 4.69) is 14.9 Å². The molecule has 0 bridgehead atoms. The third-order valence-corrected chi connectivity index (χ3v) is 6.70. The van der Waals surface area contributed by atoms with Gasteiger partial charge in [0.25, 0.3) is 5.91 Å². The lowest BCUT2D eigenvalue weighted by Gasteiger charge is -2.20. The predicted molar refractivity (Wildman–Crippen MR) is 117 cm³/mol. The fourth-order valence-electron chi connectivity index (χ4n) is 3.66. The summed E-state index contributed by atoms with van der Waals surface area (Å²) in [6.07, 6.45) is 2.17. The number of rotatable bonds is 6. The molecule has 0 unspecified atom stereocenters. The van der Waals surface area contributed by atoms with Crippen LogP contribution in [0.5, 0.6) is 0 Å². The Bertz CT molecular complexity index is 1190. The number of para-hydroxylation sites is 1. The zero-order chi connectivity index (χ0) is 21.1. The summed E-state index contributed by atoms with van der Waals surface area (Å²) in [5.74, 6) is 0.479. The Kier molecular flexibility index (Phi) is 5.69. The van der Waals surface area contributed by atoms with Crippen molar-refractivity contribution in [2.75, 3.05) is 25.0 Å². The fourth-order valence-corrected chi connectivity index (χ4v) is 4.46. The molecule has 1 aliphatic rings. The van der Waals surface area contributed by atoms with E-state index in [-0.39, 0.29) is 17.3 Å². The molecule has 0 saturated carbocycles. The number of amides is 1. The van der Waals surface area contributed by atoms with Crippen molar-refractivity contribution >= 4 is 32.7 Å². The van der Waals surface area contributed by atoms with E-state index in [1.807, 2.05) is 30.3 Å². The maximum Gasteiger partial charge on any atom is 0.255 e. The number of nitrogens with one attached hydrogen (secondary N) is 2. The van der Waals surface area contributed by atoms with Gasteiger partial charge in [-0.3, -0.25) is 4.79 Å². The van der Waals surface area contributed by atoms with Crippen molar-refractivity contribution < 1.29 is 13.2 Å². The molecule has 0 spiro atoms. The third-order valence-electron chi connectivity index (χ3n) is 5.28. The van der Waals surface area contributed by atoms with Gasteiger partial charge in [-0.25, -0.2) is 18.1 Å². The van der Waals surface area contributed by atoms with Crippen LogP contribution < -0.4 is 14.9 Å². The zero-order valence-corrected chi connectivity index (χ0v) is 17.6. The number of carbonyl (C=O) groups excluding carboxylic acids is 1. The van der Waals surface area contributed by atoms with Crippen molar-refractivity contribution in [1.82, 2.24) is 15.0 Å². The first-order valence-corrected chi connectivity index (χ1v) is 11.4. The van der Waals surface area contributed by atoms with Gasteiger partial charge in [0, 0.05) is 25.0 Å². The molecule has 0 atom stereocenters. The molecule has 8 heteroatoms. The van der Waals surface area contributed by atoms with Crippen LogP contribution in [0.1, 0.15) is 28.8 Å². The first-order chi connectivity index (χ1) is 14.5. The summed E-state index contributed by atoms with van der Waals surface area (Å²) < 4.78 is 26.3. The second-order valence-corrected chi connectivity index (χ2v) is 9.17. The number of sulfonamides is 1. The van der Waals surface area contributed by atoms with Crippen LogP contribution in [-0.2, 0) is 16.6 Å². The van der Waals surface area contributed by atoms with E-state index in [1.165, 1.54) is 13.1 Å². The quantitative estimate of drug-likeness (QED) is 0.635. The summed E-state index contributed by atoms with van der Waals surface area (Å²) in [6.45, 7) is 1.99. The molecule has 2 N–H and O–H groups in total. The molecule has 2 aromatic carbocycles. The maximum absolute atomic E-state index is 13.1. The highest BCUT2D eigenvalue weighted by Crippen LogP contribution is 2.26. The first kappa shape index (κ1) is 20.3. The van der Waals surface area contributed by atoms with E-state index in [0.717, 1.165) is 36.8 Å². The van der Waals surface area contributed by atoms with Crippen LogP contribution in [0.25, 0.3) is 10.9 Å². The van der Waals surface area contributed by atoms with Crippen LogP contribution in [0.15, 0.2) is 59.5 Å². The van der Waals surface area contributed by atoms with Crippen LogP contribution in [0, 0.1) is 0 Å². The van der Waals surface area contributed by atoms with E-state index < -0.39 is 10.0 Å². The summed E-state index contributed by atoms with van der Waals surface area (Å²) in [5.41, 5.74) is 2.10. The Morgan fingerprint density at radius 3 is 2.60 bits per heavy atom. The Morgan fingerprint density at radius 2 is 1.83 bits per heavy atom. The molecule has 3 aromatic rings. The lowest BCUT2D eigenvalue weighted by Crippen LogP contribution is -2.28. The molecule has 1 aromatic heterocycles. The number of aromatic nitrogens is 1. The topological polar surface area (TPSA) is 91.4 Å². The Morgan fingerprint density at radius 1 is 1.07 bits per heavy atom. The standard InChI is InChI=1S/C22H24N4O3S/c1-23-30(28,29)18-9-6-7-16(13-18)15-24-22(27)19-14-17-8-2-3-10-20(17)25-21(19)26-11-4-5-12-26/h2-3,6-10,13-14,23H,4-5,11-12,15H2,1H3,(H,24,27). The van der Waals surface area contributed by atoms with Crippen LogP contribution in [-0.4, -0.2) is 39.4 Å². The molecule has 1 aliphatic heterocycles. The number of hydrogen-bond donors (Lipinski definition) is 2. The summed E-state index contributed by atoms with van der Waals surface area (Å²) in [7, 11) is -2.16. The minimum absolute atomic E-state index is 0.168. The van der Waals surface area contributed by atoms with E-state index in [4.69, 9.17) is 4.98 Å². The predicted octanol–water partition coefficient (Wildman–Crippen LogP) is 2.67. The monoisotopic (exact) mass is 424 g/mol. The molecular weight excluding hydrogens is 400 g/mol. The van der Waals surface area contributed by atoms with Gasteiger partial charge in [0.2, 0.25) is 10.0 Å². The highest BCUT2D eigenvalue weighted by molar-refractivity contribution is 7.89. The average molecular weight is 425 g/mol. The molecule has 1 amide bonds. The van der Waals surface area contributed by atoms with Crippen molar-refractivity contribution in [2.45, 2.75) is 24.3 Å². The number of pyridine rings is 1. The van der Waals surface area contributed by atoms with E-state index in [1.54, 1.807) is 18.2 Å². The van der Waals surface area contributed by atoms with Gasteiger partial charge in [0.05, 0.1) is 16.0 Å². The second kappa shape index (κ2) is 8.41. The first-order valence-electron chi connectivity index (χ1n) is 9.93. The second-order valence-electron chi connectivity index (χ2n) is 7.28. The SMILES string of the molecule is CNS(=O)(=O)c1cccc(CNC(=O)c2cc3ccccc3nc2N2CCCC2)c1. The molecule has 1 saturated heterocycles. The van der Waals surface area contributed by atoms with E-state index >= 15 is 0 Å². The lowest BCUT2D eigenvalue weighted by molar-refractivity contribution is 0.0951. The number of carbonyl (C=O) groups is 1. The summed E-state index contributed by atoms with van der Waals surface area (Å²) in [5, 5.41) is 3.83. The van der Waals surface area contributed by atoms with Gasteiger partial charge < -0.3 is 10.2 Å². The van der Waals surface area contributed by atoms with Gasteiger partial charge in [-0.2, -0.15) is 0 Å². The molecule has 0 radical (unpaired) electrons. The summed E-state index contributed by atoms with van der Waals surface area (Å²) >= 11 is 0. The van der Waals surface area contributed by atoms with E-state index in [0.29, 0.717) is 16.9 Å². The number of hydrogen-bond acceptors (Lipinski definition) is 5. The molecule has 7 nitrogen and oxygen atoms in total. The molecule has 0 aliphatic carbocycles. The van der Waals surface area contributed by atoms with Crippen LogP contribution in [0.4, 0.5) is 5.82 Å². The van der Waals surface area contributed by atoms with Crippen molar-refractivity contribution in [2.24, 2.45) is 0 Å². The molecule has 1 fully saturated rings. The summed E-state index contributed by atoms with van der Waals surface area (Å²) in [6, 6.07) is 16.2. The van der Waals surface area contributed by atoms with Gasteiger partial charge in [0.15, 0.2) is 0 Å². The van der Waals surface area contributed by atoms with Gasteiger partial charge >= 0.3 is 0 Å². The van der Waals surface area contributed by atoms with Gasteiger partial charge in [-0.05, 0) is 49.7 Å². The molecule has 4 rings (SSSR count). The summed E-state index contributed by atoms with van der Waals surface area (Å²) in [4.78, 5) is 20.2. The fraction of sp³-hybridized carbons (Fsp3) is 0.273. The number of benzene rings is 2. The Labute approximate surface area is 176 Å². The minimum atomic E-state index is -3.53. The van der Waals surface area contributed by atoms with Gasteiger partial charge in [0.1, 0.15) is 5.82 Å². The molecular formula is C22H24N4O3S. The minimum Gasteiger partial charge on any atom is -0.356 e. The van der Waals surface area contributed by atoms with Crippen molar-refractivity contribution in [3.63, 3.8) is 0 Å². The highest BCUT2D eigenvalue weighted by Gasteiger charge is 2.22. The van der Waals surface area contributed by atoms with E-state index in [9.17, 15) is 13.2 Å². The maximum atomic E-state index is 13.1. The number of nitrogens with zero attached hydrogens (tertiary/aromatic N) is 2. The van der Waals surface area contributed by atoms with Crippen molar-refractivity contribution in [3.8, 4) is 0 Å². The smallest absolute Gasteiger partial charge is 0.255 e. The molecule has 2 heterocycles. The number of anilines is 1. The van der Waals surface area contributed by atoms with Crippen LogP contribution >= 0.6 is 0 Å². The molecule has 156 valence electrons. The lowest BCUT2D eigenvalue weighted by atomic mass is 10.1. The largest absolute Gasteiger partial charge is 0.356 e. The van der Waals surface area contributed by atoms with Gasteiger partial charge in [-0.1, -0.05) is 30.3 Å². The highest BCUT2D eigenvalue weighted by atomic mass is 32.2. The van der Waals surface area contributed by atoms with Crippen LogP contribution in [0.3, 0.4) is 0 Å². The number of fused-ring (bicyclic) bond motifs is 1. The zero-order valence-electron chi connectivity index (χ0n) is 16.8. The molecule has 30 heavy (non-hydrogen) atoms. The van der Waals surface area contributed by atoms with Crippen LogP contribution in [0.2, 0.25) is 0 Å². The van der Waals surface area contributed by atoms with Crippen molar-refractivity contribution in [3.05, 3.63) is 65.7 Å². The van der Waals surface area contributed by atoms with Gasteiger partial charge in [-0.15, -0.1) is 0 Å². The third kappa shape index (κ3) is 4.15. The normalized spacial score (nSPS) is 14.2. The average Bonchev–Trinajstić information content (AvgIpc) is 3.31.